The highest BCUT2D eigenvalue weighted by molar-refractivity contribution is 7.16. The molecule has 17 heavy (non-hydrogen) atoms. The summed E-state index contributed by atoms with van der Waals surface area (Å²) < 4.78 is 0.941. The van der Waals surface area contributed by atoms with Crippen molar-refractivity contribution < 1.29 is 0 Å². The molecule has 0 spiro atoms. The van der Waals surface area contributed by atoms with Crippen LogP contribution in [0.5, 0.6) is 0 Å². The second-order valence-electron chi connectivity index (χ2n) is 4.57. The van der Waals surface area contributed by atoms with Crippen molar-refractivity contribution >= 4 is 22.9 Å². The van der Waals surface area contributed by atoms with Crippen LogP contribution in [0.2, 0.25) is 4.34 Å². The first-order valence-corrected chi connectivity index (χ1v) is 7.87. The molecule has 1 rings (SSSR count). The number of halogens is 1. The van der Waals surface area contributed by atoms with Crippen LogP contribution in [-0.4, -0.2) is 6.54 Å². The zero-order valence-electron chi connectivity index (χ0n) is 11.2. The Kier molecular flexibility index (Phi) is 7.17. The van der Waals surface area contributed by atoms with Gasteiger partial charge in [0.25, 0.3) is 0 Å². The summed E-state index contributed by atoms with van der Waals surface area (Å²) in [5.41, 5.74) is 1.21. The van der Waals surface area contributed by atoms with Crippen molar-refractivity contribution in [2.45, 2.75) is 58.9 Å². The third kappa shape index (κ3) is 4.99. The van der Waals surface area contributed by atoms with Crippen molar-refractivity contribution in [3.05, 3.63) is 20.8 Å². The lowest BCUT2D eigenvalue weighted by atomic mass is 10.1. The number of thiophene rings is 1. The number of aryl methyl sites for hydroxylation is 1. The summed E-state index contributed by atoms with van der Waals surface area (Å²) in [7, 11) is 0. The van der Waals surface area contributed by atoms with Crippen LogP contribution in [0.4, 0.5) is 0 Å². The highest BCUT2D eigenvalue weighted by Crippen LogP contribution is 2.33. The fourth-order valence-corrected chi connectivity index (χ4v) is 3.35. The minimum Gasteiger partial charge on any atom is -0.310 e. The Bertz CT molecular complexity index is 303. The van der Waals surface area contributed by atoms with E-state index in [2.05, 4.69) is 32.2 Å². The van der Waals surface area contributed by atoms with E-state index in [4.69, 9.17) is 11.6 Å². The lowest BCUT2D eigenvalue weighted by Gasteiger charge is -2.16. The van der Waals surface area contributed by atoms with E-state index in [0.717, 1.165) is 10.9 Å². The predicted molar refractivity (Wildman–Crippen MR) is 79.2 cm³/mol. The molecule has 1 atom stereocenters. The lowest BCUT2D eigenvalue weighted by molar-refractivity contribution is 0.487. The summed E-state index contributed by atoms with van der Waals surface area (Å²) in [4.78, 5) is 1.39. The smallest absolute Gasteiger partial charge is 0.0960 e. The molecule has 0 bridgehead atoms. The first-order valence-electron chi connectivity index (χ1n) is 6.68. The van der Waals surface area contributed by atoms with Gasteiger partial charge in [0.15, 0.2) is 0 Å². The molecule has 1 heterocycles. The molecule has 0 fully saturated rings. The Balaban J connectivity index is 2.52. The average Bonchev–Trinajstić information content (AvgIpc) is 2.63. The maximum atomic E-state index is 6.15. The van der Waals surface area contributed by atoms with E-state index in [9.17, 15) is 0 Å². The highest BCUT2D eigenvalue weighted by Gasteiger charge is 2.13. The van der Waals surface area contributed by atoms with E-state index in [1.807, 2.05) is 0 Å². The van der Waals surface area contributed by atoms with Crippen molar-refractivity contribution in [1.29, 1.82) is 0 Å². The van der Waals surface area contributed by atoms with Gasteiger partial charge < -0.3 is 5.32 Å². The van der Waals surface area contributed by atoms with Gasteiger partial charge in [0, 0.05) is 10.9 Å². The largest absolute Gasteiger partial charge is 0.310 e. The summed E-state index contributed by atoms with van der Waals surface area (Å²) >= 11 is 7.88. The van der Waals surface area contributed by atoms with Gasteiger partial charge >= 0.3 is 0 Å². The summed E-state index contributed by atoms with van der Waals surface area (Å²) in [6, 6.07) is 2.73. The van der Waals surface area contributed by atoms with Gasteiger partial charge in [-0.15, -0.1) is 11.3 Å². The zero-order chi connectivity index (χ0) is 12.7. The molecule has 1 unspecified atom stereocenters. The molecular weight excluding hydrogens is 250 g/mol. The number of hydrogen-bond acceptors (Lipinski definition) is 2. The van der Waals surface area contributed by atoms with Crippen molar-refractivity contribution in [1.82, 2.24) is 5.32 Å². The first-order chi connectivity index (χ1) is 8.19. The normalized spacial score (nSPS) is 12.9. The van der Waals surface area contributed by atoms with Gasteiger partial charge in [0.2, 0.25) is 0 Å². The molecular formula is C14H24ClNS. The Morgan fingerprint density at radius 1 is 1.29 bits per heavy atom. The van der Waals surface area contributed by atoms with Crippen LogP contribution in [0.25, 0.3) is 0 Å². The first kappa shape index (κ1) is 15.0. The molecule has 0 aliphatic rings. The van der Waals surface area contributed by atoms with Gasteiger partial charge in [-0.1, -0.05) is 51.1 Å². The number of rotatable bonds is 8. The van der Waals surface area contributed by atoms with E-state index in [1.54, 1.807) is 11.3 Å². The van der Waals surface area contributed by atoms with Crippen molar-refractivity contribution in [2.75, 3.05) is 6.54 Å². The third-order valence-corrected chi connectivity index (χ3v) is 4.69. The summed E-state index contributed by atoms with van der Waals surface area (Å²) in [5, 5.41) is 3.57. The van der Waals surface area contributed by atoms with Crippen LogP contribution < -0.4 is 5.32 Å². The number of unbranched alkanes of at least 4 members (excludes halogenated alkanes) is 3. The van der Waals surface area contributed by atoms with Crippen LogP contribution in [0.1, 0.15) is 62.4 Å². The highest BCUT2D eigenvalue weighted by atomic mass is 35.5. The van der Waals surface area contributed by atoms with Gasteiger partial charge in [-0.3, -0.25) is 0 Å². The molecule has 0 aliphatic heterocycles. The molecule has 1 aromatic heterocycles. The third-order valence-electron chi connectivity index (χ3n) is 3.02. The predicted octanol–water partition coefficient (Wildman–Crippen LogP) is 5.33. The summed E-state index contributed by atoms with van der Waals surface area (Å²) in [6.45, 7) is 7.53. The molecule has 1 aromatic rings. The lowest BCUT2D eigenvalue weighted by Crippen LogP contribution is -2.19. The minimum absolute atomic E-state index is 0.494. The Morgan fingerprint density at radius 3 is 2.59 bits per heavy atom. The molecule has 0 aliphatic carbocycles. The van der Waals surface area contributed by atoms with Crippen molar-refractivity contribution in [3.8, 4) is 0 Å². The van der Waals surface area contributed by atoms with Gasteiger partial charge in [-0.2, -0.15) is 0 Å². The second-order valence-corrected chi connectivity index (χ2v) is 6.25. The molecule has 0 saturated heterocycles. The molecule has 0 amide bonds. The fourth-order valence-electron chi connectivity index (χ4n) is 2.02. The Hall–Kier alpha value is -0.0500. The van der Waals surface area contributed by atoms with Crippen molar-refractivity contribution in [2.24, 2.45) is 0 Å². The standard InChI is InChI=1S/C14H24ClNS/c1-4-6-7-8-9-12(16-5-2)13-10-11(3)14(15)17-13/h10,12,16H,4-9H2,1-3H3. The molecule has 1 nitrogen and oxygen atoms in total. The van der Waals surface area contributed by atoms with Crippen LogP contribution in [0, 0.1) is 6.92 Å². The van der Waals surface area contributed by atoms with Gasteiger partial charge in [-0.25, -0.2) is 0 Å². The van der Waals surface area contributed by atoms with E-state index in [1.165, 1.54) is 42.5 Å². The van der Waals surface area contributed by atoms with Crippen LogP contribution in [0.15, 0.2) is 6.07 Å². The fraction of sp³-hybridized carbons (Fsp3) is 0.714. The monoisotopic (exact) mass is 273 g/mol. The molecule has 0 radical (unpaired) electrons. The van der Waals surface area contributed by atoms with E-state index >= 15 is 0 Å². The molecule has 3 heteroatoms. The Labute approximate surface area is 115 Å². The van der Waals surface area contributed by atoms with Gasteiger partial charge in [0.05, 0.1) is 4.34 Å². The maximum Gasteiger partial charge on any atom is 0.0960 e. The van der Waals surface area contributed by atoms with E-state index < -0.39 is 0 Å². The zero-order valence-corrected chi connectivity index (χ0v) is 12.8. The van der Waals surface area contributed by atoms with Gasteiger partial charge in [-0.05, 0) is 31.5 Å². The van der Waals surface area contributed by atoms with Crippen LogP contribution in [-0.2, 0) is 0 Å². The summed E-state index contributed by atoms with van der Waals surface area (Å²) in [6.07, 6.45) is 6.53. The van der Waals surface area contributed by atoms with Crippen LogP contribution in [0.3, 0.4) is 0 Å². The molecule has 0 saturated carbocycles. The SMILES string of the molecule is CCCCCCC(NCC)c1cc(C)c(Cl)s1. The minimum atomic E-state index is 0.494. The average molecular weight is 274 g/mol. The van der Waals surface area contributed by atoms with Gasteiger partial charge in [0.1, 0.15) is 0 Å². The number of nitrogens with one attached hydrogen (secondary N) is 1. The molecule has 1 N–H and O–H groups in total. The Morgan fingerprint density at radius 2 is 2.06 bits per heavy atom. The van der Waals surface area contributed by atoms with E-state index in [0.29, 0.717) is 6.04 Å². The second kappa shape index (κ2) is 8.12. The summed E-state index contributed by atoms with van der Waals surface area (Å²) in [5.74, 6) is 0. The van der Waals surface area contributed by atoms with Crippen molar-refractivity contribution in [3.63, 3.8) is 0 Å². The quantitative estimate of drug-likeness (QED) is 0.631. The molecule has 0 aromatic carbocycles. The molecule has 98 valence electrons. The number of hydrogen-bond donors (Lipinski definition) is 1. The topological polar surface area (TPSA) is 12.0 Å². The van der Waals surface area contributed by atoms with Crippen LogP contribution >= 0.6 is 22.9 Å². The van der Waals surface area contributed by atoms with E-state index in [-0.39, 0.29) is 0 Å². The maximum absolute atomic E-state index is 6.15.